The molecule has 0 aliphatic heterocycles. The van der Waals surface area contributed by atoms with E-state index in [-0.39, 0.29) is 0 Å². The minimum Gasteiger partial charge on any atom is -0.353 e. The SMILES string of the molecule is CNCc1cccnc1N(CC(C)C)C1CCCC1. The molecule has 1 N–H and O–H groups in total. The Labute approximate surface area is 117 Å². The van der Waals surface area contributed by atoms with Gasteiger partial charge < -0.3 is 10.2 Å². The molecule has 1 aromatic heterocycles. The minimum absolute atomic E-state index is 0.671. The molecule has 0 amide bonds. The van der Waals surface area contributed by atoms with E-state index in [4.69, 9.17) is 0 Å². The van der Waals surface area contributed by atoms with Crippen molar-refractivity contribution < 1.29 is 0 Å². The molecule has 106 valence electrons. The summed E-state index contributed by atoms with van der Waals surface area (Å²) in [7, 11) is 2.00. The first-order valence-corrected chi connectivity index (χ1v) is 7.57. The first kappa shape index (κ1) is 14.3. The molecule has 0 radical (unpaired) electrons. The lowest BCUT2D eigenvalue weighted by atomic mass is 10.1. The van der Waals surface area contributed by atoms with Crippen LogP contribution in [0.4, 0.5) is 5.82 Å². The Hall–Kier alpha value is -1.09. The fourth-order valence-corrected chi connectivity index (χ4v) is 3.04. The van der Waals surface area contributed by atoms with Gasteiger partial charge in [-0.2, -0.15) is 0 Å². The van der Waals surface area contributed by atoms with E-state index in [1.54, 1.807) is 0 Å². The van der Waals surface area contributed by atoms with Gasteiger partial charge >= 0.3 is 0 Å². The van der Waals surface area contributed by atoms with Crippen LogP contribution < -0.4 is 10.2 Å². The fraction of sp³-hybridized carbons (Fsp3) is 0.688. The van der Waals surface area contributed by atoms with E-state index in [2.05, 4.69) is 35.1 Å². The Morgan fingerprint density at radius 3 is 2.74 bits per heavy atom. The molecule has 3 heteroatoms. The Kier molecular flexibility index (Phi) is 5.20. The largest absolute Gasteiger partial charge is 0.353 e. The molecule has 19 heavy (non-hydrogen) atoms. The van der Waals surface area contributed by atoms with Crippen LogP contribution >= 0.6 is 0 Å². The number of aromatic nitrogens is 1. The normalized spacial score (nSPS) is 16.2. The van der Waals surface area contributed by atoms with E-state index >= 15 is 0 Å². The van der Waals surface area contributed by atoms with Crippen LogP contribution in [0.2, 0.25) is 0 Å². The molecule has 0 saturated heterocycles. The zero-order valence-corrected chi connectivity index (χ0v) is 12.5. The van der Waals surface area contributed by atoms with Crippen molar-refractivity contribution in [3.8, 4) is 0 Å². The topological polar surface area (TPSA) is 28.2 Å². The van der Waals surface area contributed by atoms with Gasteiger partial charge in [-0.25, -0.2) is 4.98 Å². The summed E-state index contributed by atoms with van der Waals surface area (Å²) in [5, 5.41) is 3.26. The quantitative estimate of drug-likeness (QED) is 0.852. The predicted molar refractivity (Wildman–Crippen MR) is 81.4 cm³/mol. The van der Waals surface area contributed by atoms with Crippen LogP contribution in [0, 0.1) is 5.92 Å². The molecule has 3 nitrogen and oxygen atoms in total. The van der Waals surface area contributed by atoms with Crippen molar-refractivity contribution in [1.29, 1.82) is 0 Å². The molecular formula is C16H27N3. The molecule has 1 fully saturated rings. The van der Waals surface area contributed by atoms with Gasteiger partial charge in [-0.15, -0.1) is 0 Å². The lowest BCUT2D eigenvalue weighted by molar-refractivity contribution is 0.528. The lowest BCUT2D eigenvalue weighted by Gasteiger charge is -2.33. The third-order valence-corrected chi connectivity index (χ3v) is 3.83. The highest BCUT2D eigenvalue weighted by Gasteiger charge is 2.25. The van der Waals surface area contributed by atoms with Gasteiger partial charge in [0.2, 0.25) is 0 Å². The average molecular weight is 261 g/mol. The number of pyridine rings is 1. The second-order valence-corrected chi connectivity index (χ2v) is 6.00. The molecule has 2 rings (SSSR count). The molecule has 1 aliphatic rings. The van der Waals surface area contributed by atoms with E-state index < -0.39 is 0 Å². The molecule has 0 bridgehead atoms. The third kappa shape index (κ3) is 3.69. The minimum atomic E-state index is 0.671. The van der Waals surface area contributed by atoms with E-state index in [0.717, 1.165) is 13.1 Å². The van der Waals surface area contributed by atoms with Gasteiger partial charge in [0.1, 0.15) is 5.82 Å². The summed E-state index contributed by atoms with van der Waals surface area (Å²) in [4.78, 5) is 7.24. The monoisotopic (exact) mass is 261 g/mol. The van der Waals surface area contributed by atoms with E-state index in [0.29, 0.717) is 12.0 Å². The van der Waals surface area contributed by atoms with Crippen molar-refractivity contribution in [2.24, 2.45) is 5.92 Å². The Morgan fingerprint density at radius 2 is 2.11 bits per heavy atom. The highest BCUT2D eigenvalue weighted by molar-refractivity contribution is 5.48. The van der Waals surface area contributed by atoms with Gasteiger partial charge in [-0.05, 0) is 31.9 Å². The number of nitrogens with zero attached hydrogens (tertiary/aromatic N) is 2. The zero-order valence-electron chi connectivity index (χ0n) is 12.5. The summed E-state index contributed by atoms with van der Waals surface area (Å²) in [6, 6.07) is 4.92. The number of nitrogens with one attached hydrogen (secondary N) is 1. The Balaban J connectivity index is 2.25. The van der Waals surface area contributed by atoms with E-state index in [1.165, 1.54) is 37.1 Å². The van der Waals surface area contributed by atoms with Gasteiger partial charge in [0, 0.05) is 30.9 Å². The molecule has 1 aromatic rings. The highest BCUT2D eigenvalue weighted by atomic mass is 15.2. The molecule has 0 spiro atoms. The maximum absolute atomic E-state index is 4.68. The van der Waals surface area contributed by atoms with Gasteiger partial charge in [0.15, 0.2) is 0 Å². The molecule has 1 aliphatic carbocycles. The van der Waals surface area contributed by atoms with Crippen LogP contribution in [-0.2, 0) is 6.54 Å². The second kappa shape index (κ2) is 6.90. The number of hydrogen-bond donors (Lipinski definition) is 1. The van der Waals surface area contributed by atoms with E-state index in [1.807, 2.05) is 19.3 Å². The van der Waals surface area contributed by atoms with Crippen molar-refractivity contribution in [2.45, 2.75) is 52.1 Å². The highest BCUT2D eigenvalue weighted by Crippen LogP contribution is 2.29. The number of anilines is 1. The van der Waals surface area contributed by atoms with Crippen LogP contribution in [-0.4, -0.2) is 24.6 Å². The molecule has 1 saturated carbocycles. The zero-order chi connectivity index (χ0) is 13.7. The molecule has 0 atom stereocenters. The maximum Gasteiger partial charge on any atom is 0.133 e. The van der Waals surface area contributed by atoms with Crippen LogP contribution in [0.3, 0.4) is 0 Å². The molecule has 0 unspecified atom stereocenters. The predicted octanol–water partition coefficient (Wildman–Crippen LogP) is 3.21. The van der Waals surface area contributed by atoms with Crippen LogP contribution in [0.15, 0.2) is 18.3 Å². The molecule has 1 heterocycles. The van der Waals surface area contributed by atoms with Crippen molar-refractivity contribution in [2.75, 3.05) is 18.5 Å². The molecular weight excluding hydrogens is 234 g/mol. The first-order chi connectivity index (χ1) is 9.22. The van der Waals surface area contributed by atoms with Crippen LogP contribution in [0.25, 0.3) is 0 Å². The standard InChI is InChI=1S/C16H27N3/c1-13(2)12-19(15-8-4-5-9-15)16-14(11-17-3)7-6-10-18-16/h6-7,10,13,15,17H,4-5,8-9,11-12H2,1-3H3. The van der Waals surface area contributed by atoms with Crippen molar-refractivity contribution in [3.63, 3.8) is 0 Å². The van der Waals surface area contributed by atoms with Crippen molar-refractivity contribution in [3.05, 3.63) is 23.9 Å². The third-order valence-electron chi connectivity index (χ3n) is 3.83. The Bertz CT molecular complexity index is 383. The fourth-order valence-electron chi connectivity index (χ4n) is 3.04. The smallest absolute Gasteiger partial charge is 0.133 e. The van der Waals surface area contributed by atoms with Gasteiger partial charge in [-0.1, -0.05) is 32.8 Å². The summed E-state index contributed by atoms with van der Waals surface area (Å²) >= 11 is 0. The van der Waals surface area contributed by atoms with Gasteiger partial charge in [0.05, 0.1) is 0 Å². The van der Waals surface area contributed by atoms with E-state index in [9.17, 15) is 0 Å². The summed E-state index contributed by atoms with van der Waals surface area (Å²) < 4.78 is 0. The summed E-state index contributed by atoms with van der Waals surface area (Å²) in [6.07, 6.45) is 7.31. The first-order valence-electron chi connectivity index (χ1n) is 7.57. The van der Waals surface area contributed by atoms with Gasteiger partial charge in [0.25, 0.3) is 0 Å². The average Bonchev–Trinajstić information content (AvgIpc) is 2.91. The summed E-state index contributed by atoms with van der Waals surface area (Å²) in [5.74, 6) is 1.86. The summed E-state index contributed by atoms with van der Waals surface area (Å²) in [5.41, 5.74) is 1.32. The maximum atomic E-state index is 4.68. The van der Waals surface area contributed by atoms with Crippen molar-refractivity contribution in [1.82, 2.24) is 10.3 Å². The number of hydrogen-bond acceptors (Lipinski definition) is 3. The lowest BCUT2D eigenvalue weighted by Crippen LogP contribution is -2.37. The Morgan fingerprint density at radius 1 is 1.37 bits per heavy atom. The summed E-state index contributed by atoms with van der Waals surface area (Å²) in [6.45, 7) is 6.59. The van der Waals surface area contributed by atoms with Gasteiger partial charge in [-0.3, -0.25) is 0 Å². The van der Waals surface area contributed by atoms with Crippen LogP contribution in [0.5, 0.6) is 0 Å². The number of rotatable bonds is 6. The van der Waals surface area contributed by atoms with Crippen molar-refractivity contribution >= 4 is 5.82 Å². The molecule has 0 aromatic carbocycles. The second-order valence-electron chi connectivity index (χ2n) is 6.00. The van der Waals surface area contributed by atoms with Crippen LogP contribution in [0.1, 0.15) is 45.1 Å².